The van der Waals surface area contributed by atoms with Crippen LogP contribution in [0.25, 0.3) is 4.98 Å². The van der Waals surface area contributed by atoms with Crippen LogP contribution in [-0.4, -0.2) is 10.9 Å². The summed E-state index contributed by atoms with van der Waals surface area (Å²) in [6.07, 6.45) is 0. The molecule has 0 spiro atoms. The summed E-state index contributed by atoms with van der Waals surface area (Å²) in [4.78, 5) is 15.2. The van der Waals surface area contributed by atoms with Crippen molar-refractivity contribution in [2.75, 3.05) is 0 Å². The van der Waals surface area contributed by atoms with E-state index in [-0.39, 0.29) is 5.30 Å². The molecule has 0 radical (unpaired) electrons. The molecule has 5 heteroatoms. The number of diazo groups is 1. The summed E-state index contributed by atoms with van der Waals surface area (Å²) >= 11 is 1.01. The number of nitrogens with zero attached hydrogens (tertiary/aromatic N) is 2. The van der Waals surface area contributed by atoms with Crippen molar-refractivity contribution in [1.29, 1.82) is 5.39 Å². The van der Waals surface area contributed by atoms with Gasteiger partial charge in [-0.1, -0.05) is 0 Å². The molecule has 1 aromatic rings. The maximum absolute atomic E-state index is 11.5. The Balaban J connectivity index is 2.61. The SMILES string of the molecule is CC(C)(C)OC(=O)Sc1ccc([N+]#N)cc1. The molecule has 84 valence electrons. The first-order chi connectivity index (χ1) is 7.40. The standard InChI is InChI=1S/C11H13N2O2S/c1-11(2,3)15-10(14)16-9-6-4-8(13-12)5-7-9/h4-7H,1-3H3/q+1. The van der Waals surface area contributed by atoms with Gasteiger partial charge in [0.15, 0.2) is 4.98 Å². The van der Waals surface area contributed by atoms with Crippen LogP contribution in [0.2, 0.25) is 0 Å². The fourth-order valence-electron chi connectivity index (χ4n) is 0.948. The van der Waals surface area contributed by atoms with Crippen molar-refractivity contribution < 1.29 is 9.53 Å². The summed E-state index contributed by atoms with van der Waals surface area (Å²) in [6, 6.07) is 6.63. The van der Waals surface area contributed by atoms with Crippen LogP contribution in [0, 0.1) is 5.39 Å². The van der Waals surface area contributed by atoms with Gasteiger partial charge < -0.3 is 4.74 Å². The second-order valence-corrected chi connectivity index (χ2v) is 5.17. The van der Waals surface area contributed by atoms with Crippen molar-refractivity contribution in [2.45, 2.75) is 31.3 Å². The van der Waals surface area contributed by atoms with Gasteiger partial charge in [-0.25, -0.2) is 4.79 Å². The Hall–Kier alpha value is -1.54. The van der Waals surface area contributed by atoms with E-state index in [4.69, 9.17) is 10.1 Å². The average molecular weight is 237 g/mol. The predicted molar refractivity (Wildman–Crippen MR) is 63.3 cm³/mol. The molecule has 0 bridgehead atoms. The van der Waals surface area contributed by atoms with Gasteiger partial charge in [0.05, 0.1) is 0 Å². The van der Waals surface area contributed by atoms with E-state index in [0.29, 0.717) is 5.69 Å². The molecule has 4 nitrogen and oxygen atoms in total. The van der Waals surface area contributed by atoms with Gasteiger partial charge in [0.1, 0.15) is 5.60 Å². The lowest BCUT2D eigenvalue weighted by Gasteiger charge is -2.18. The zero-order chi connectivity index (χ0) is 12.2. The topological polar surface area (TPSA) is 54.5 Å². The molecule has 0 atom stereocenters. The fourth-order valence-corrected chi connectivity index (χ4v) is 1.70. The molecule has 0 N–H and O–H groups in total. The van der Waals surface area contributed by atoms with Crippen LogP contribution in [0.5, 0.6) is 0 Å². The number of carbonyl (C=O) groups is 1. The predicted octanol–water partition coefficient (Wildman–Crippen LogP) is 4.20. The van der Waals surface area contributed by atoms with Gasteiger partial charge >= 0.3 is 11.0 Å². The molecule has 0 aromatic heterocycles. The van der Waals surface area contributed by atoms with Crippen molar-refractivity contribution in [1.82, 2.24) is 0 Å². The first kappa shape index (κ1) is 12.5. The molecule has 0 heterocycles. The number of hydrogen-bond donors (Lipinski definition) is 0. The summed E-state index contributed by atoms with van der Waals surface area (Å²) in [5.74, 6) is 0. The summed E-state index contributed by atoms with van der Waals surface area (Å²) < 4.78 is 5.15. The molecule has 0 fully saturated rings. The van der Waals surface area contributed by atoms with Gasteiger partial charge in [-0.05, 0) is 44.7 Å². The smallest absolute Gasteiger partial charge is 0.385 e. The Kier molecular flexibility index (Phi) is 3.91. The van der Waals surface area contributed by atoms with Crippen LogP contribution >= 0.6 is 11.8 Å². The van der Waals surface area contributed by atoms with Crippen LogP contribution in [0.3, 0.4) is 0 Å². The summed E-state index contributed by atoms with van der Waals surface area (Å²) in [5.41, 5.74) is -0.0293. The van der Waals surface area contributed by atoms with Gasteiger partial charge in [-0.3, -0.25) is 0 Å². The Morgan fingerprint density at radius 3 is 2.31 bits per heavy atom. The van der Waals surface area contributed by atoms with Gasteiger partial charge in [0, 0.05) is 17.0 Å². The lowest BCUT2D eigenvalue weighted by Crippen LogP contribution is -2.21. The third kappa shape index (κ3) is 4.32. The minimum atomic E-state index is -0.482. The number of carbonyl (C=O) groups excluding carboxylic acids is 1. The van der Waals surface area contributed by atoms with E-state index >= 15 is 0 Å². The fraction of sp³-hybridized carbons (Fsp3) is 0.364. The molecule has 0 saturated carbocycles. The van der Waals surface area contributed by atoms with Crippen LogP contribution in [0.4, 0.5) is 10.5 Å². The number of rotatable bonds is 1. The van der Waals surface area contributed by atoms with Gasteiger partial charge in [0.25, 0.3) is 0 Å². The number of thioether (sulfide) groups is 1. The van der Waals surface area contributed by atoms with E-state index in [9.17, 15) is 4.79 Å². The normalized spacial score (nSPS) is 10.6. The van der Waals surface area contributed by atoms with Crippen molar-refractivity contribution in [2.24, 2.45) is 0 Å². The quantitative estimate of drug-likeness (QED) is 0.417. The molecule has 0 amide bonds. The van der Waals surface area contributed by atoms with Crippen molar-refractivity contribution in [3.63, 3.8) is 0 Å². The van der Waals surface area contributed by atoms with Crippen LogP contribution in [-0.2, 0) is 4.74 Å². The minimum Gasteiger partial charge on any atom is -0.452 e. The Labute approximate surface area is 98.6 Å². The molecular formula is C11H13N2O2S+. The number of benzene rings is 1. The molecule has 0 aliphatic carbocycles. The summed E-state index contributed by atoms with van der Waals surface area (Å²) in [5, 5.41) is 8.14. The number of ether oxygens (including phenoxy) is 1. The molecule has 0 aliphatic rings. The highest BCUT2D eigenvalue weighted by Gasteiger charge is 2.17. The second kappa shape index (κ2) is 4.99. The first-order valence-corrected chi connectivity index (χ1v) is 5.58. The highest BCUT2D eigenvalue weighted by molar-refractivity contribution is 8.13. The molecule has 1 rings (SSSR count). The Bertz CT molecular complexity index is 415. The van der Waals surface area contributed by atoms with Crippen LogP contribution in [0.1, 0.15) is 20.8 Å². The largest absolute Gasteiger partial charge is 0.452 e. The molecule has 16 heavy (non-hydrogen) atoms. The zero-order valence-electron chi connectivity index (χ0n) is 9.43. The number of hydrogen-bond acceptors (Lipinski definition) is 4. The minimum absolute atomic E-state index is 0.346. The first-order valence-electron chi connectivity index (χ1n) is 4.77. The van der Waals surface area contributed by atoms with E-state index < -0.39 is 5.60 Å². The van der Waals surface area contributed by atoms with Gasteiger partial charge in [-0.2, -0.15) is 0 Å². The highest BCUT2D eigenvalue weighted by atomic mass is 32.2. The van der Waals surface area contributed by atoms with Crippen molar-refractivity contribution in [3.05, 3.63) is 29.2 Å². The highest BCUT2D eigenvalue weighted by Crippen LogP contribution is 2.25. The summed E-state index contributed by atoms with van der Waals surface area (Å²) in [6.45, 7) is 5.46. The maximum Gasteiger partial charge on any atom is 0.385 e. The van der Waals surface area contributed by atoms with E-state index in [1.807, 2.05) is 20.8 Å². The van der Waals surface area contributed by atoms with Gasteiger partial charge in [-0.15, -0.1) is 0 Å². The molecule has 0 aliphatic heterocycles. The zero-order valence-corrected chi connectivity index (χ0v) is 10.2. The van der Waals surface area contributed by atoms with Gasteiger partial charge in [0.2, 0.25) is 5.39 Å². The third-order valence-electron chi connectivity index (χ3n) is 1.54. The average Bonchev–Trinajstić information content (AvgIpc) is 2.16. The summed E-state index contributed by atoms with van der Waals surface area (Å²) in [7, 11) is 0. The van der Waals surface area contributed by atoms with E-state index in [1.165, 1.54) is 0 Å². The molecule has 0 saturated heterocycles. The van der Waals surface area contributed by atoms with E-state index in [0.717, 1.165) is 16.7 Å². The van der Waals surface area contributed by atoms with E-state index in [2.05, 4.69) is 4.98 Å². The van der Waals surface area contributed by atoms with Crippen LogP contribution < -0.4 is 0 Å². The monoisotopic (exact) mass is 237 g/mol. The molecule has 1 aromatic carbocycles. The lowest BCUT2D eigenvalue weighted by molar-refractivity contribution is 0.0738. The third-order valence-corrected chi connectivity index (χ3v) is 2.30. The Morgan fingerprint density at radius 2 is 1.88 bits per heavy atom. The van der Waals surface area contributed by atoms with Crippen LogP contribution in [0.15, 0.2) is 29.2 Å². The molecule has 0 unspecified atom stereocenters. The van der Waals surface area contributed by atoms with E-state index in [1.54, 1.807) is 24.3 Å². The lowest BCUT2D eigenvalue weighted by atomic mass is 10.2. The Morgan fingerprint density at radius 1 is 1.31 bits per heavy atom. The van der Waals surface area contributed by atoms with Crippen molar-refractivity contribution in [3.8, 4) is 0 Å². The van der Waals surface area contributed by atoms with Crippen molar-refractivity contribution >= 4 is 22.8 Å². The maximum atomic E-state index is 11.5. The molecular weight excluding hydrogens is 224 g/mol. The second-order valence-electron chi connectivity index (χ2n) is 4.16.